The second-order valence-corrected chi connectivity index (χ2v) is 13.3. The molecular formula is C35H52ClN3O4. The van der Waals surface area contributed by atoms with Crippen molar-refractivity contribution in [2.75, 3.05) is 11.9 Å². The van der Waals surface area contributed by atoms with Crippen LogP contribution >= 0.6 is 11.6 Å². The minimum atomic E-state index is -0.941. The van der Waals surface area contributed by atoms with Crippen LogP contribution in [-0.4, -0.2) is 41.0 Å². The molecule has 0 aliphatic rings. The Hall–Kier alpha value is -3.06. The highest BCUT2D eigenvalue weighted by Gasteiger charge is 2.37. The number of benzene rings is 2. The van der Waals surface area contributed by atoms with E-state index in [0.29, 0.717) is 29.2 Å². The van der Waals surface area contributed by atoms with E-state index in [4.69, 9.17) is 16.3 Å². The van der Waals surface area contributed by atoms with Gasteiger partial charge in [-0.2, -0.15) is 0 Å². The van der Waals surface area contributed by atoms with Crippen LogP contribution in [0.2, 0.25) is 5.02 Å². The Balaban J connectivity index is 2.61. The van der Waals surface area contributed by atoms with Crippen molar-refractivity contribution in [1.29, 1.82) is 0 Å². The van der Waals surface area contributed by atoms with E-state index in [0.717, 1.165) is 48.8 Å². The second kappa shape index (κ2) is 16.7. The van der Waals surface area contributed by atoms with Gasteiger partial charge in [-0.1, -0.05) is 88.4 Å². The Bertz CT molecular complexity index is 1220. The quantitative estimate of drug-likeness (QED) is 0.209. The highest BCUT2D eigenvalue weighted by molar-refractivity contribution is 6.34. The Morgan fingerprint density at radius 3 is 2.19 bits per heavy atom. The molecule has 0 aliphatic heterocycles. The molecule has 2 N–H and O–H groups in total. The van der Waals surface area contributed by atoms with Crippen molar-refractivity contribution in [1.82, 2.24) is 10.2 Å². The van der Waals surface area contributed by atoms with Gasteiger partial charge in [-0.05, 0) is 88.6 Å². The first-order valence-corrected chi connectivity index (χ1v) is 16.0. The third-order valence-corrected chi connectivity index (χ3v) is 7.67. The van der Waals surface area contributed by atoms with Crippen molar-refractivity contribution in [3.63, 3.8) is 0 Å². The molecule has 0 heterocycles. The fraction of sp³-hybridized carbons (Fsp3) is 0.571. The number of ether oxygens (including phenoxy) is 1. The lowest BCUT2D eigenvalue weighted by Gasteiger charge is -2.35. The maximum atomic E-state index is 14.5. The Morgan fingerprint density at radius 2 is 1.60 bits per heavy atom. The first-order chi connectivity index (χ1) is 20.1. The number of carbonyl (C=O) groups is 3. The number of hydrogen-bond donors (Lipinski definition) is 2. The fourth-order valence-corrected chi connectivity index (χ4v) is 5.25. The summed E-state index contributed by atoms with van der Waals surface area (Å²) >= 11 is 6.51. The molecule has 0 fully saturated rings. The zero-order valence-electron chi connectivity index (χ0n) is 27.6. The molecule has 2 atom stereocenters. The van der Waals surface area contributed by atoms with Crippen LogP contribution in [0.4, 0.5) is 10.5 Å². The second-order valence-electron chi connectivity index (χ2n) is 12.9. The highest BCUT2D eigenvalue weighted by atomic mass is 35.5. The highest BCUT2D eigenvalue weighted by Crippen LogP contribution is 2.31. The van der Waals surface area contributed by atoms with Crippen molar-refractivity contribution in [3.8, 4) is 0 Å². The van der Waals surface area contributed by atoms with E-state index in [1.807, 2.05) is 65.0 Å². The largest absolute Gasteiger partial charge is 0.444 e. The molecular weight excluding hydrogens is 562 g/mol. The molecule has 2 aromatic rings. The Labute approximate surface area is 264 Å². The maximum absolute atomic E-state index is 14.5. The normalized spacial score (nSPS) is 12.9. The fourth-order valence-electron chi connectivity index (χ4n) is 4.98. The number of halogens is 1. The number of unbranched alkanes of at least 4 members (excludes halogenated alkanes) is 4. The van der Waals surface area contributed by atoms with E-state index in [2.05, 4.69) is 17.6 Å². The van der Waals surface area contributed by atoms with E-state index >= 15 is 0 Å². The van der Waals surface area contributed by atoms with Gasteiger partial charge in [0.2, 0.25) is 5.91 Å². The van der Waals surface area contributed by atoms with Gasteiger partial charge in [0.25, 0.3) is 5.91 Å². The van der Waals surface area contributed by atoms with E-state index < -0.39 is 23.8 Å². The lowest BCUT2D eigenvalue weighted by molar-refractivity contribution is -0.141. The first-order valence-electron chi connectivity index (χ1n) is 15.6. The van der Waals surface area contributed by atoms with Crippen LogP contribution in [0.25, 0.3) is 0 Å². The topological polar surface area (TPSA) is 87.7 Å². The first kappa shape index (κ1) is 36.1. The molecule has 2 aromatic carbocycles. The molecule has 0 spiro atoms. The summed E-state index contributed by atoms with van der Waals surface area (Å²) in [4.78, 5) is 43.3. The number of para-hydroxylation sites is 1. The summed E-state index contributed by atoms with van der Waals surface area (Å²) in [5, 5.41) is 6.28. The average molecular weight is 614 g/mol. The van der Waals surface area contributed by atoms with Crippen LogP contribution in [0.1, 0.15) is 108 Å². The molecule has 7 nitrogen and oxygen atoms in total. The molecule has 0 bridgehead atoms. The van der Waals surface area contributed by atoms with Gasteiger partial charge >= 0.3 is 6.09 Å². The van der Waals surface area contributed by atoms with Crippen molar-refractivity contribution < 1.29 is 19.1 Å². The summed E-state index contributed by atoms with van der Waals surface area (Å²) in [6.45, 7) is 17.8. The van der Waals surface area contributed by atoms with E-state index in [1.54, 1.807) is 31.7 Å². The molecule has 0 saturated carbocycles. The average Bonchev–Trinajstić information content (AvgIpc) is 2.89. The van der Waals surface area contributed by atoms with E-state index in [1.165, 1.54) is 0 Å². The third-order valence-electron chi connectivity index (χ3n) is 7.36. The Kier molecular flexibility index (Phi) is 14.0. The SMILES string of the molecule is CCCCCCCN(C(=O)C(CC(C)C)NC(=O)OC(C)(C)C)C(C(=O)Nc1c(C)cccc1Cl)c1ccc(C)c(C)c1. The number of anilines is 1. The van der Waals surface area contributed by atoms with Crippen LogP contribution < -0.4 is 10.6 Å². The summed E-state index contributed by atoms with van der Waals surface area (Å²) in [6.07, 6.45) is 4.65. The van der Waals surface area contributed by atoms with Gasteiger partial charge in [0.05, 0.1) is 10.7 Å². The molecule has 8 heteroatoms. The minimum absolute atomic E-state index is 0.106. The molecule has 2 unspecified atom stereocenters. The van der Waals surface area contributed by atoms with Crippen LogP contribution in [0, 0.1) is 26.7 Å². The van der Waals surface area contributed by atoms with E-state index in [-0.39, 0.29) is 17.7 Å². The number of amides is 3. The molecule has 0 aromatic heterocycles. The summed E-state index contributed by atoms with van der Waals surface area (Å²) < 4.78 is 5.52. The molecule has 0 radical (unpaired) electrons. The minimum Gasteiger partial charge on any atom is -0.444 e. The Morgan fingerprint density at radius 1 is 0.930 bits per heavy atom. The number of nitrogens with zero attached hydrogens (tertiary/aromatic N) is 1. The summed E-state index contributed by atoms with van der Waals surface area (Å²) in [5.74, 6) is -0.568. The standard InChI is InChI=1S/C35H52ClN3O4/c1-10-11-12-13-14-20-39(33(41)29(21-23(2)3)37-34(42)43-35(7,8)9)31(27-19-18-24(4)26(6)22-27)32(40)38-30-25(5)16-15-17-28(30)36/h15-19,22-23,29,31H,10-14,20-21H2,1-9H3,(H,37,42)(H,38,40). The number of nitrogens with one attached hydrogen (secondary N) is 2. The molecule has 2 rings (SSSR count). The van der Waals surface area contributed by atoms with Crippen molar-refractivity contribution in [2.45, 2.75) is 119 Å². The lowest BCUT2D eigenvalue weighted by Crippen LogP contribution is -2.53. The smallest absolute Gasteiger partial charge is 0.408 e. The van der Waals surface area contributed by atoms with Gasteiger partial charge in [0.1, 0.15) is 17.7 Å². The molecule has 0 aliphatic carbocycles. The van der Waals surface area contributed by atoms with Gasteiger partial charge in [-0.3, -0.25) is 9.59 Å². The van der Waals surface area contributed by atoms with Crippen LogP contribution in [0.15, 0.2) is 36.4 Å². The molecule has 0 saturated heterocycles. The number of alkyl carbamates (subject to hydrolysis) is 1. The van der Waals surface area contributed by atoms with Crippen molar-refractivity contribution >= 4 is 35.2 Å². The zero-order valence-corrected chi connectivity index (χ0v) is 28.4. The molecule has 3 amide bonds. The summed E-state index contributed by atoms with van der Waals surface area (Å²) in [6, 6.07) is 9.48. The van der Waals surface area contributed by atoms with Gasteiger partial charge < -0.3 is 20.3 Å². The molecule has 238 valence electrons. The van der Waals surface area contributed by atoms with Crippen LogP contribution in [0.5, 0.6) is 0 Å². The monoisotopic (exact) mass is 613 g/mol. The van der Waals surface area contributed by atoms with E-state index in [9.17, 15) is 14.4 Å². The number of hydrogen-bond acceptors (Lipinski definition) is 4. The van der Waals surface area contributed by atoms with Gasteiger partial charge in [0.15, 0.2) is 0 Å². The summed E-state index contributed by atoms with van der Waals surface area (Å²) in [7, 11) is 0. The molecule has 43 heavy (non-hydrogen) atoms. The van der Waals surface area contributed by atoms with Gasteiger partial charge in [-0.15, -0.1) is 0 Å². The number of aryl methyl sites for hydroxylation is 3. The zero-order chi connectivity index (χ0) is 32.3. The van der Waals surface area contributed by atoms with Gasteiger partial charge in [0, 0.05) is 6.54 Å². The van der Waals surface area contributed by atoms with Crippen molar-refractivity contribution in [3.05, 3.63) is 63.7 Å². The van der Waals surface area contributed by atoms with Crippen LogP contribution in [-0.2, 0) is 14.3 Å². The number of rotatable bonds is 14. The third kappa shape index (κ3) is 11.5. The maximum Gasteiger partial charge on any atom is 0.408 e. The predicted molar refractivity (Wildman–Crippen MR) is 177 cm³/mol. The van der Waals surface area contributed by atoms with Crippen molar-refractivity contribution in [2.24, 2.45) is 5.92 Å². The summed E-state index contributed by atoms with van der Waals surface area (Å²) in [5.41, 5.74) is 3.43. The predicted octanol–water partition coefficient (Wildman–Crippen LogP) is 8.68. The number of carbonyl (C=O) groups excluding carboxylic acids is 3. The van der Waals surface area contributed by atoms with Gasteiger partial charge in [-0.25, -0.2) is 4.79 Å². The lowest BCUT2D eigenvalue weighted by atomic mass is 9.96. The van der Waals surface area contributed by atoms with Crippen LogP contribution in [0.3, 0.4) is 0 Å².